The van der Waals surface area contributed by atoms with Crippen LogP contribution in [-0.2, 0) is 18.8 Å². The number of Topliss-reactive ketones (excluding diaryl/α,β-unsaturated/α-hetero) is 1. The molecule has 0 aromatic heterocycles. The van der Waals surface area contributed by atoms with Crippen LogP contribution >= 0.6 is 0 Å². The van der Waals surface area contributed by atoms with Crippen molar-refractivity contribution in [3.63, 3.8) is 0 Å². The second kappa shape index (κ2) is 8.55. The molecule has 0 heterocycles. The van der Waals surface area contributed by atoms with Crippen LogP contribution in [0.5, 0.6) is 0 Å². The predicted molar refractivity (Wildman–Crippen MR) is 144 cm³/mol. The molecular formula is C30H44O5Si. The van der Waals surface area contributed by atoms with E-state index in [4.69, 9.17) is 9.16 Å². The summed E-state index contributed by atoms with van der Waals surface area (Å²) in [4.78, 5) is 24.6. The fourth-order valence-corrected chi connectivity index (χ4v) is 8.04. The number of ketones is 1. The van der Waals surface area contributed by atoms with E-state index in [1.807, 2.05) is 6.92 Å². The van der Waals surface area contributed by atoms with Gasteiger partial charge < -0.3 is 14.3 Å². The van der Waals surface area contributed by atoms with Crippen LogP contribution in [0.25, 0.3) is 0 Å². The van der Waals surface area contributed by atoms with Gasteiger partial charge in [-0.2, -0.15) is 0 Å². The number of hydrogen-bond acceptors (Lipinski definition) is 5. The Kier molecular flexibility index (Phi) is 6.44. The van der Waals surface area contributed by atoms with Crippen LogP contribution in [0.15, 0.2) is 47.3 Å². The Balaban J connectivity index is 1.64. The third-order valence-electron chi connectivity index (χ3n) is 10.3. The molecule has 1 fully saturated rings. The third kappa shape index (κ3) is 3.90. The molecule has 1 N–H and O–H groups in total. The zero-order chi connectivity index (χ0) is 26.9. The van der Waals surface area contributed by atoms with E-state index >= 15 is 0 Å². The lowest BCUT2D eigenvalue weighted by Crippen LogP contribution is -2.57. The molecule has 0 spiro atoms. The molecule has 4 aliphatic carbocycles. The van der Waals surface area contributed by atoms with Gasteiger partial charge >= 0.3 is 5.97 Å². The van der Waals surface area contributed by atoms with Crippen LogP contribution < -0.4 is 0 Å². The molecule has 4 rings (SSSR count). The van der Waals surface area contributed by atoms with Crippen molar-refractivity contribution in [2.24, 2.45) is 28.6 Å². The fraction of sp³-hybridized carbons (Fsp3) is 0.667. The van der Waals surface area contributed by atoms with Gasteiger partial charge in [0.15, 0.2) is 6.61 Å². The number of carbonyl (C=O) groups is 2. The van der Waals surface area contributed by atoms with Crippen molar-refractivity contribution in [1.82, 2.24) is 0 Å². The Morgan fingerprint density at radius 1 is 1.19 bits per heavy atom. The van der Waals surface area contributed by atoms with E-state index in [0.29, 0.717) is 6.42 Å². The SMILES string of the molecule is CC(=O)OCC(=O)[C@@]1(O)[C@H](C)C[C@H]2[C@@H]3CC=C4C=C(O[Si](C)(C)C(C)(C)C)C=C[C@]4(C)C3=CC[C@@]21C. The van der Waals surface area contributed by atoms with E-state index in [1.165, 1.54) is 18.1 Å². The molecule has 5 nitrogen and oxygen atoms in total. The monoisotopic (exact) mass is 512 g/mol. The van der Waals surface area contributed by atoms with E-state index in [-0.39, 0.29) is 40.6 Å². The van der Waals surface area contributed by atoms with Gasteiger partial charge in [-0.05, 0) is 79.8 Å². The second-order valence-corrected chi connectivity index (χ2v) is 18.2. The number of fused-ring (bicyclic) bond motifs is 5. The zero-order valence-electron chi connectivity index (χ0n) is 23.5. The van der Waals surface area contributed by atoms with Crippen molar-refractivity contribution in [2.45, 2.75) is 91.5 Å². The molecule has 0 bridgehead atoms. The van der Waals surface area contributed by atoms with Gasteiger partial charge in [-0.25, -0.2) is 0 Å². The Morgan fingerprint density at radius 3 is 2.47 bits per heavy atom. The first kappa shape index (κ1) is 27.1. The van der Waals surface area contributed by atoms with E-state index in [1.54, 1.807) is 0 Å². The van der Waals surface area contributed by atoms with E-state index in [9.17, 15) is 14.7 Å². The lowest BCUT2D eigenvalue weighted by atomic mass is 9.52. The second-order valence-electron chi connectivity index (χ2n) is 13.4. The summed E-state index contributed by atoms with van der Waals surface area (Å²) in [6.45, 7) is 18.5. The first-order valence-corrected chi connectivity index (χ1v) is 16.3. The molecule has 0 aromatic rings. The molecule has 0 amide bonds. The summed E-state index contributed by atoms with van der Waals surface area (Å²) in [5, 5.41) is 12.0. The smallest absolute Gasteiger partial charge is 0.303 e. The van der Waals surface area contributed by atoms with Crippen molar-refractivity contribution >= 4 is 20.1 Å². The summed E-state index contributed by atoms with van der Waals surface area (Å²) < 4.78 is 11.6. The first-order chi connectivity index (χ1) is 16.5. The van der Waals surface area contributed by atoms with E-state index < -0.39 is 25.3 Å². The highest BCUT2D eigenvalue weighted by atomic mass is 28.4. The fourth-order valence-electron chi connectivity index (χ4n) is 7.02. The summed E-state index contributed by atoms with van der Waals surface area (Å²) in [5.41, 5.74) is 0.356. The molecule has 36 heavy (non-hydrogen) atoms. The average molecular weight is 513 g/mol. The number of aliphatic hydroxyl groups is 1. The average Bonchev–Trinajstić information content (AvgIpc) is 2.98. The molecule has 198 valence electrons. The summed E-state index contributed by atoms with van der Waals surface area (Å²) in [7, 11) is -1.94. The predicted octanol–water partition coefficient (Wildman–Crippen LogP) is 6.27. The Morgan fingerprint density at radius 2 is 1.86 bits per heavy atom. The number of allylic oxidation sites excluding steroid dienone is 7. The van der Waals surface area contributed by atoms with Crippen molar-refractivity contribution in [1.29, 1.82) is 0 Å². The van der Waals surface area contributed by atoms with Crippen LogP contribution in [0.1, 0.15) is 67.7 Å². The van der Waals surface area contributed by atoms with Gasteiger partial charge in [-0.15, -0.1) is 0 Å². The number of esters is 1. The van der Waals surface area contributed by atoms with Crippen LogP contribution in [0, 0.1) is 28.6 Å². The maximum Gasteiger partial charge on any atom is 0.303 e. The van der Waals surface area contributed by atoms with Gasteiger partial charge in [-0.1, -0.05) is 58.4 Å². The van der Waals surface area contributed by atoms with Crippen molar-refractivity contribution in [3.05, 3.63) is 47.3 Å². The first-order valence-electron chi connectivity index (χ1n) is 13.4. The molecule has 1 saturated carbocycles. The quantitative estimate of drug-likeness (QED) is 0.267. The molecule has 6 heteroatoms. The molecule has 0 aliphatic heterocycles. The number of hydrogen-bond donors (Lipinski definition) is 1. The third-order valence-corrected chi connectivity index (χ3v) is 14.7. The van der Waals surface area contributed by atoms with Crippen LogP contribution in [-0.4, -0.2) is 37.4 Å². The van der Waals surface area contributed by atoms with Crippen LogP contribution in [0.2, 0.25) is 18.1 Å². The normalized spacial score (nSPS) is 37.6. The van der Waals surface area contributed by atoms with Crippen molar-refractivity contribution < 1.29 is 23.9 Å². The molecular weight excluding hydrogens is 468 g/mol. The van der Waals surface area contributed by atoms with Gasteiger partial charge in [0.2, 0.25) is 14.1 Å². The van der Waals surface area contributed by atoms with Crippen molar-refractivity contribution in [2.75, 3.05) is 6.61 Å². The lowest BCUT2D eigenvalue weighted by Gasteiger charge is -2.52. The minimum Gasteiger partial charge on any atom is -0.544 e. The molecule has 4 aliphatic rings. The van der Waals surface area contributed by atoms with Gasteiger partial charge in [0.25, 0.3) is 0 Å². The standard InChI is InChI=1S/C30H44O5Si/c1-19-16-25-23-11-10-21-17-22(35-36(8,9)27(3,4)5)12-14-28(21,6)24(23)13-15-29(25,7)30(19,33)26(32)18-34-20(2)31/h10,12-14,17,19,23,25,33H,11,15-16,18H2,1-9H3/t19-,23-,25+,28+,29+,30+/m1/s1. The van der Waals surface area contributed by atoms with Crippen molar-refractivity contribution in [3.8, 4) is 0 Å². The lowest BCUT2D eigenvalue weighted by molar-refractivity contribution is -0.167. The Bertz CT molecular complexity index is 1090. The van der Waals surface area contributed by atoms with Crippen LogP contribution in [0.3, 0.4) is 0 Å². The maximum absolute atomic E-state index is 13.2. The molecule has 0 radical (unpaired) electrons. The van der Waals surface area contributed by atoms with Gasteiger partial charge in [0, 0.05) is 17.8 Å². The van der Waals surface area contributed by atoms with Crippen LogP contribution in [0.4, 0.5) is 0 Å². The molecule has 0 aromatic carbocycles. The molecule has 6 atom stereocenters. The number of carbonyl (C=O) groups excluding carboxylic acids is 2. The maximum atomic E-state index is 13.2. The van der Waals surface area contributed by atoms with E-state index in [0.717, 1.165) is 18.6 Å². The van der Waals surface area contributed by atoms with E-state index in [2.05, 4.69) is 78.1 Å². The Labute approximate surface area is 217 Å². The van der Waals surface area contributed by atoms with Gasteiger partial charge in [-0.3, -0.25) is 9.59 Å². The highest BCUT2D eigenvalue weighted by Crippen LogP contribution is 2.66. The zero-order valence-corrected chi connectivity index (χ0v) is 24.5. The summed E-state index contributed by atoms with van der Waals surface area (Å²) >= 11 is 0. The number of rotatable bonds is 5. The van der Waals surface area contributed by atoms with Gasteiger partial charge in [0.05, 0.1) is 0 Å². The Hall–Kier alpha value is -1.92. The summed E-state index contributed by atoms with van der Waals surface area (Å²) in [6, 6.07) is 0. The minimum absolute atomic E-state index is 0.133. The highest BCUT2D eigenvalue weighted by Gasteiger charge is 2.67. The van der Waals surface area contributed by atoms with Gasteiger partial charge in [0.1, 0.15) is 11.4 Å². The number of ether oxygens (including phenoxy) is 1. The highest BCUT2D eigenvalue weighted by molar-refractivity contribution is 6.74. The molecule has 0 unspecified atom stereocenters. The topological polar surface area (TPSA) is 72.8 Å². The minimum atomic E-state index is -1.94. The molecule has 0 saturated heterocycles. The largest absolute Gasteiger partial charge is 0.544 e. The summed E-state index contributed by atoms with van der Waals surface area (Å²) in [5.74, 6) is 0.306. The summed E-state index contributed by atoms with van der Waals surface area (Å²) in [6.07, 6.45) is 13.6.